The van der Waals surface area contributed by atoms with Gasteiger partial charge in [-0.15, -0.1) is 0 Å². The molecule has 0 bridgehead atoms. The molecule has 7 heteroatoms. The minimum Gasteiger partial charge on any atom is -0.381 e. The summed E-state index contributed by atoms with van der Waals surface area (Å²) in [5, 5.41) is 7.23. The van der Waals surface area contributed by atoms with Crippen molar-refractivity contribution in [3.8, 4) is 0 Å². The normalized spacial score (nSPS) is 14.7. The average molecular weight is 291 g/mol. The monoisotopic (exact) mass is 291 g/mol. The van der Waals surface area contributed by atoms with Crippen LogP contribution in [0.1, 0.15) is 31.3 Å². The number of aryl methyl sites for hydroxylation is 1. The van der Waals surface area contributed by atoms with Crippen LogP contribution in [-0.4, -0.2) is 50.3 Å². The molecule has 1 N–H and O–H groups in total. The van der Waals surface area contributed by atoms with Crippen molar-refractivity contribution in [2.45, 2.75) is 39.8 Å². The van der Waals surface area contributed by atoms with Crippen molar-refractivity contribution in [2.75, 3.05) is 19.8 Å². The number of aromatic nitrogens is 4. The van der Waals surface area contributed by atoms with Crippen LogP contribution >= 0.6 is 0 Å². The lowest BCUT2D eigenvalue weighted by Crippen LogP contribution is -2.38. The van der Waals surface area contributed by atoms with E-state index in [2.05, 4.69) is 26.7 Å². The number of carbonyl (C=O) groups is 1. The number of fused-ring (bicyclic) bond motifs is 3. The molecular formula is C14H21N5O2. The molecule has 0 saturated heterocycles. The van der Waals surface area contributed by atoms with Gasteiger partial charge in [0.2, 0.25) is 5.91 Å². The van der Waals surface area contributed by atoms with Gasteiger partial charge in [-0.2, -0.15) is 5.10 Å². The molecule has 2 aromatic heterocycles. The Labute approximate surface area is 123 Å². The number of ether oxygens (including phenoxy) is 1. The van der Waals surface area contributed by atoms with Gasteiger partial charge in [0.05, 0.1) is 25.3 Å². The molecule has 3 rings (SSSR count). The van der Waals surface area contributed by atoms with Crippen LogP contribution in [0.25, 0.3) is 11.2 Å². The molecule has 3 heterocycles. The minimum atomic E-state index is 0.135. The third-order valence-electron chi connectivity index (χ3n) is 3.79. The smallest absolute Gasteiger partial charge is 0.225 e. The third kappa shape index (κ3) is 2.65. The van der Waals surface area contributed by atoms with Gasteiger partial charge in [0.25, 0.3) is 0 Å². The summed E-state index contributed by atoms with van der Waals surface area (Å²) >= 11 is 0. The van der Waals surface area contributed by atoms with Crippen LogP contribution in [0, 0.1) is 6.92 Å². The predicted octanol–water partition coefficient (Wildman–Crippen LogP) is 1.23. The van der Waals surface area contributed by atoms with Gasteiger partial charge >= 0.3 is 0 Å². The Morgan fingerprint density at radius 2 is 2.24 bits per heavy atom. The van der Waals surface area contributed by atoms with Gasteiger partial charge in [-0.25, -0.2) is 4.98 Å². The van der Waals surface area contributed by atoms with Crippen molar-refractivity contribution in [1.29, 1.82) is 0 Å². The third-order valence-corrected chi connectivity index (χ3v) is 3.79. The van der Waals surface area contributed by atoms with Crippen LogP contribution in [0.15, 0.2) is 0 Å². The Hall–Kier alpha value is -1.89. The van der Waals surface area contributed by atoms with Crippen LogP contribution in [0.3, 0.4) is 0 Å². The highest BCUT2D eigenvalue weighted by Gasteiger charge is 2.24. The minimum absolute atomic E-state index is 0.135. The summed E-state index contributed by atoms with van der Waals surface area (Å²) in [5.41, 5.74) is 2.77. The number of hydrogen-bond acceptors (Lipinski definition) is 4. The van der Waals surface area contributed by atoms with Crippen LogP contribution in [0.4, 0.5) is 0 Å². The SMILES string of the molecule is CCCOCCC(=O)N1CCn2c(nc3c(C)[nH]nc32)C1. The fraction of sp³-hybridized carbons (Fsp3) is 0.643. The summed E-state index contributed by atoms with van der Waals surface area (Å²) in [7, 11) is 0. The Morgan fingerprint density at radius 1 is 1.38 bits per heavy atom. The zero-order valence-electron chi connectivity index (χ0n) is 12.6. The molecule has 0 atom stereocenters. The number of carbonyl (C=O) groups excluding carboxylic acids is 1. The summed E-state index contributed by atoms with van der Waals surface area (Å²) < 4.78 is 7.48. The number of aromatic amines is 1. The van der Waals surface area contributed by atoms with E-state index >= 15 is 0 Å². The topological polar surface area (TPSA) is 76.0 Å². The van der Waals surface area contributed by atoms with Gasteiger partial charge in [0.1, 0.15) is 11.3 Å². The number of nitrogens with zero attached hydrogens (tertiary/aromatic N) is 4. The molecule has 0 saturated carbocycles. The lowest BCUT2D eigenvalue weighted by Gasteiger charge is -2.27. The van der Waals surface area contributed by atoms with Gasteiger partial charge < -0.3 is 14.2 Å². The van der Waals surface area contributed by atoms with Crippen molar-refractivity contribution < 1.29 is 9.53 Å². The zero-order valence-corrected chi connectivity index (χ0v) is 12.6. The number of H-pyrrole nitrogens is 1. The first kappa shape index (κ1) is 14.1. The van der Waals surface area contributed by atoms with E-state index in [-0.39, 0.29) is 5.91 Å². The Bertz CT molecular complexity index is 645. The lowest BCUT2D eigenvalue weighted by molar-refractivity contribution is -0.133. The molecular weight excluding hydrogens is 270 g/mol. The van der Waals surface area contributed by atoms with Crippen molar-refractivity contribution in [3.05, 3.63) is 11.5 Å². The second-order valence-corrected chi connectivity index (χ2v) is 5.38. The number of hydrogen-bond donors (Lipinski definition) is 1. The van der Waals surface area contributed by atoms with Gasteiger partial charge in [-0.3, -0.25) is 9.89 Å². The van der Waals surface area contributed by atoms with E-state index in [1.807, 2.05) is 11.8 Å². The second-order valence-electron chi connectivity index (χ2n) is 5.38. The Balaban J connectivity index is 1.65. The molecule has 114 valence electrons. The van der Waals surface area contributed by atoms with Crippen molar-refractivity contribution in [2.24, 2.45) is 0 Å². The average Bonchev–Trinajstić information content (AvgIpc) is 3.03. The standard InChI is InChI=1S/C14H21N5O2/c1-3-7-21-8-4-12(20)18-5-6-19-11(9-18)15-13-10(2)16-17-14(13)19/h3-9H2,1-2H3,(H,16,17). The van der Waals surface area contributed by atoms with Crippen LogP contribution < -0.4 is 0 Å². The first-order valence-electron chi connectivity index (χ1n) is 7.46. The predicted molar refractivity (Wildman–Crippen MR) is 77.8 cm³/mol. The first-order chi connectivity index (χ1) is 10.2. The van der Waals surface area contributed by atoms with E-state index in [4.69, 9.17) is 4.74 Å². The highest BCUT2D eigenvalue weighted by molar-refractivity contribution is 5.77. The summed E-state index contributed by atoms with van der Waals surface area (Å²) in [6.07, 6.45) is 1.42. The van der Waals surface area contributed by atoms with Crippen LogP contribution in [0.5, 0.6) is 0 Å². The van der Waals surface area contributed by atoms with Crippen LogP contribution in [-0.2, 0) is 22.6 Å². The summed E-state index contributed by atoms with van der Waals surface area (Å²) in [4.78, 5) is 18.6. The number of rotatable bonds is 5. The lowest BCUT2D eigenvalue weighted by atomic mass is 10.3. The van der Waals surface area contributed by atoms with E-state index in [9.17, 15) is 4.79 Å². The van der Waals surface area contributed by atoms with E-state index < -0.39 is 0 Å². The number of amides is 1. The molecule has 0 fully saturated rings. The van der Waals surface area contributed by atoms with E-state index in [0.717, 1.165) is 35.6 Å². The summed E-state index contributed by atoms with van der Waals surface area (Å²) in [5.74, 6) is 1.05. The van der Waals surface area contributed by atoms with Crippen molar-refractivity contribution >= 4 is 17.1 Å². The Kier molecular flexibility index (Phi) is 3.92. The quantitative estimate of drug-likeness (QED) is 0.841. The summed E-state index contributed by atoms with van der Waals surface area (Å²) in [6, 6.07) is 0. The fourth-order valence-electron chi connectivity index (χ4n) is 2.65. The largest absolute Gasteiger partial charge is 0.381 e. The molecule has 2 aromatic rings. The number of imidazole rings is 1. The maximum absolute atomic E-state index is 12.2. The molecule has 1 aliphatic heterocycles. The van der Waals surface area contributed by atoms with Gasteiger partial charge in [-0.1, -0.05) is 6.92 Å². The zero-order chi connectivity index (χ0) is 14.8. The van der Waals surface area contributed by atoms with E-state index in [1.54, 1.807) is 0 Å². The van der Waals surface area contributed by atoms with Gasteiger partial charge in [0, 0.05) is 19.7 Å². The van der Waals surface area contributed by atoms with Crippen molar-refractivity contribution in [1.82, 2.24) is 24.6 Å². The van der Waals surface area contributed by atoms with Gasteiger partial charge in [-0.05, 0) is 13.3 Å². The fourth-order valence-corrected chi connectivity index (χ4v) is 2.65. The van der Waals surface area contributed by atoms with E-state index in [0.29, 0.717) is 32.7 Å². The highest BCUT2D eigenvalue weighted by Crippen LogP contribution is 2.21. The molecule has 0 radical (unpaired) electrons. The number of nitrogens with one attached hydrogen (secondary N) is 1. The highest BCUT2D eigenvalue weighted by atomic mass is 16.5. The Morgan fingerprint density at radius 3 is 3.05 bits per heavy atom. The van der Waals surface area contributed by atoms with Crippen molar-refractivity contribution in [3.63, 3.8) is 0 Å². The van der Waals surface area contributed by atoms with Gasteiger partial charge in [0.15, 0.2) is 5.65 Å². The first-order valence-corrected chi connectivity index (χ1v) is 7.46. The molecule has 7 nitrogen and oxygen atoms in total. The van der Waals surface area contributed by atoms with Crippen LogP contribution in [0.2, 0.25) is 0 Å². The molecule has 0 unspecified atom stereocenters. The molecule has 1 aliphatic rings. The maximum atomic E-state index is 12.2. The maximum Gasteiger partial charge on any atom is 0.225 e. The molecule has 0 aliphatic carbocycles. The second kappa shape index (κ2) is 5.85. The molecule has 0 spiro atoms. The molecule has 0 aromatic carbocycles. The van der Waals surface area contributed by atoms with E-state index in [1.165, 1.54) is 0 Å². The summed E-state index contributed by atoms with van der Waals surface area (Å²) in [6.45, 7) is 7.25. The molecule has 21 heavy (non-hydrogen) atoms. The molecule has 1 amide bonds.